The molecule has 0 aromatic carbocycles. The van der Waals surface area contributed by atoms with Crippen LogP contribution in [0, 0.1) is 70.1 Å². The molecular weight excluding hydrogens is 953 g/mol. The van der Waals surface area contributed by atoms with Crippen LogP contribution in [0.1, 0.15) is 113 Å². The molecular formula is C47H60N14O12. The summed E-state index contributed by atoms with van der Waals surface area (Å²) in [5.41, 5.74) is 15.2. The summed E-state index contributed by atoms with van der Waals surface area (Å²) in [5.74, 6) is 5.63. The molecule has 73 heavy (non-hydrogen) atoms. The summed E-state index contributed by atoms with van der Waals surface area (Å²) in [6.07, 6.45) is 18.2. The SMILES string of the molecule is C#CC1C[C@H](n2cc(C)c(=O)[nH]c2=O)O[C@@H]1CC.C#C[C@H]1O[C@@H](n2cc(C)c(=O)[nH]c2=O)CC1C.CC[C@H]1O[C@@H](n2cc(C)c(=O)[nH]c2=O)CC1N=[N+]=[N-].Cc1cn([C@H]2CC(C)[C@@H](CN=[N+]=[N-])O2)c(=O)[nH]c1=O. The van der Waals surface area contributed by atoms with Crippen LogP contribution in [0.2, 0.25) is 0 Å². The van der Waals surface area contributed by atoms with E-state index in [9.17, 15) is 38.4 Å². The number of aromatic amines is 4. The number of H-pyrrole nitrogens is 4. The number of nitrogens with one attached hydrogen (secondary N) is 4. The average Bonchev–Trinajstić information content (AvgIpc) is 4.15. The normalized spacial score (nSPS) is 26.8. The van der Waals surface area contributed by atoms with Gasteiger partial charge in [-0.05, 0) is 76.3 Å². The smallest absolute Gasteiger partial charge is 0.330 e. The van der Waals surface area contributed by atoms with Crippen LogP contribution in [-0.4, -0.2) is 75.2 Å². The van der Waals surface area contributed by atoms with Gasteiger partial charge in [-0.1, -0.05) is 43.8 Å². The fraction of sp³-hybridized carbons (Fsp3) is 0.574. The number of aryl methyl sites for hydroxylation is 4. The summed E-state index contributed by atoms with van der Waals surface area (Å²) in [6, 6.07) is -0.292. The summed E-state index contributed by atoms with van der Waals surface area (Å²) in [7, 11) is 0. The van der Waals surface area contributed by atoms with Crippen molar-refractivity contribution in [3.8, 4) is 24.7 Å². The molecule has 0 saturated carbocycles. The van der Waals surface area contributed by atoms with Crippen LogP contribution >= 0.6 is 0 Å². The Labute approximate surface area is 416 Å². The zero-order valence-electron chi connectivity index (χ0n) is 41.7. The standard InChI is InChI=1S/C13H16N2O3.C12H14N2O3.2C11H15N5O3/c1-4-9-6-11(18-10(9)5-2)15-7-8(3)12(16)14-13(15)17;1-4-9-7(2)5-10(17-9)14-6-8(3)11(15)13-12(14)16;1-6-3-9(19-8(6)4-13-15-12)16-5-7(2)10(17)14-11(16)18;1-3-8-7(14-15-12)4-9(19-8)16-5-6(2)10(17)13-11(16)18/h1,7,9-11H,5-6H2,2-3H3,(H,14,16,17);1,6-7,9-10H,5H2,2-3H3,(H,13,15,16);5-6,8-9H,3-4H2,1-2H3,(H,14,17,18);5,7-9H,3-4H2,1-2H3,(H,13,17,18)/t9?,10-,11-;7?,9-,10-;6?,8-,9-;7?,8-,9-/m1111/s1. The molecule has 4 aliphatic rings. The van der Waals surface area contributed by atoms with Gasteiger partial charge in [0.2, 0.25) is 0 Å². The highest BCUT2D eigenvalue weighted by Gasteiger charge is 2.37. The van der Waals surface area contributed by atoms with E-state index in [1.807, 2.05) is 27.7 Å². The average molecular weight is 1010 g/mol. The summed E-state index contributed by atoms with van der Waals surface area (Å²) in [4.78, 5) is 107. The zero-order valence-corrected chi connectivity index (χ0v) is 41.7. The third-order valence-electron chi connectivity index (χ3n) is 12.9. The zero-order chi connectivity index (χ0) is 53.8. The van der Waals surface area contributed by atoms with E-state index in [2.05, 4.69) is 51.8 Å². The van der Waals surface area contributed by atoms with Gasteiger partial charge in [-0.25, -0.2) is 19.2 Å². The lowest BCUT2D eigenvalue weighted by Gasteiger charge is -2.15. The lowest BCUT2D eigenvalue weighted by molar-refractivity contribution is -0.00566. The molecule has 0 bridgehead atoms. The van der Waals surface area contributed by atoms with Crippen molar-refractivity contribution in [3.63, 3.8) is 0 Å². The van der Waals surface area contributed by atoms with Crippen molar-refractivity contribution in [2.24, 2.45) is 28.0 Å². The molecule has 4 aromatic heterocycles. The lowest BCUT2D eigenvalue weighted by atomic mass is 10.0. The van der Waals surface area contributed by atoms with E-state index in [4.69, 9.17) is 42.9 Å². The van der Waals surface area contributed by atoms with Gasteiger partial charge in [-0.15, -0.1) is 18.8 Å². The third-order valence-corrected chi connectivity index (χ3v) is 12.9. The summed E-state index contributed by atoms with van der Waals surface area (Å²) in [6.45, 7) is 14.7. The highest BCUT2D eigenvalue weighted by atomic mass is 16.5. The highest BCUT2D eigenvalue weighted by Crippen LogP contribution is 2.35. The molecule has 4 aromatic rings. The van der Waals surface area contributed by atoms with Crippen LogP contribution in [0.4, 0.5) is 0 Å². The molecule has 4 fully saturated rings. The van der Waals surface area contributed by atoms with Gasteiger partial charge in [-0.2, -0.15) is 0 Å². The van der Waals surface area contributed by atoms with Crippen molar-refractivity contribution in [1.29, 1.82) is 0 Å². The Morgan fingerprint density at radius 3 is 1.32 bits per heavy atom. The Bertz CT molecular complexity index is 3300. The third kappa shape index (κ3) is 13.6. The molecule has 4 unspecified atom stereocenters. The second-order valence-electron chi connectivity index (χ2n) is 18.2. The van der Waals surface area contributed by atoms with Crippen LogP contribution in [0.3, 0.4) is 0 Å². The molecule has 26 nitrogen and oxygen atoms in total. The van der Waals surface area contributed by atoms with E-state index in [-0.39, 0.29) is 72.1 Å². The number of azide groups is 2. The fourth-order valence-corrected chi connectivity index (χ4v) is 8.66. The van der Waals surface area contributed by atoms with Gasteiger partial charge in [-0.3, -0.25) is 57.4 Å². The second-order valence-corrected chi connectivity index (χ2v) is 18.2. The molecule has 4 aliphatic heterocycles. The van der Waals surface area contributed by atoms with Crippen molar-refractivity contribution >= 4 is 0 Å². The molecule has 0 amide bonds. The van der Waals surface area contributed by atoms with Gasteiger partial charge in [0.25, 0.3) is 22.2 Å². The van der Waals surface area contributed by atoms with E-state index in [0.29, 0.717) is 54.4 Å². The number of hydrogen-bond donors (Lipinski definition) is 4. The molecule has 8 rings (SSSR count). The van der Waals surface area contributed by atoms with Crippen molar-refractivity contribution in [2.75, 3.05) is 6.54 Å². The number of nitrogens with zero attached hydrogens (tertiary/aromatic N) is 10. The fourth-order valence-electron chi connectivity index (χ4n) is 8.66. The van der Waals surface area contributed by atoms with Gasteiger partial charge in [0.15, 0.2) is 0 Å². The van der Waals surface area contributed by atoms with E-state index >= 15 is 0 Å². The Kier molecular flexibility index (Phi) is 19.3. The van der Waals surface area contributed by atoms with E-state index in [1.54, 1.807) is 27.7 Å². The first-order valence-corrected chi connectivity index (χ1v) is 23.6. The quantitative estimate of drug-likeness (QED) is 0.0810. The van der Waals surface area contributed by atoms with Crippen LogP contribution in [-0.2, 0) is 18.9 Å². The molecule has 4 saturated heterocycles. The summed E-state index contributed by atoms with van der Waals surface area (Å²) >= 11 is 0. The minimum absolute atomic E-state index is 0.0131. The van der Waals surface area contributed by atoms with Crippen molar-refractivity contribution in [3.05, 3.63) is 151 Å². The predicted octanol–water partition coefficient (Wildman–Crippen LogP) is 3.49. The topological polar surface area (TPSA) is 354 Å². The van der Waals surface area contributed by atoms with Crippen molar-refractivity contribution in [2.45, 2.75) is 149 Å². The van der Waals surface area contributed by atoms with Gasteiger partial charge < -0.3 is 18.9 Å². The number of aromatic nitrogens is 8. The van der Waals surface area contributed by atoms with E-state index < -0.39 is 52.6 Å². The number of terminal acetylenes is 2. The summed E-state index contributed by atoms with van der Waals surface area (Å²) < 4.78 is 28.3. The van der Waals surface area contributed by atoms with E-state index in [1.165, 1.54) is 43.1 Å². The molecule has 0 aliphatic carbocycles. The van der Waals surface area contributed by atoms with Gasteiger partial charge in [0.1, 0.15) is 31.0 Å². The summed E-state index contributed by atoms with van der Waals surface area (Å²) in [5, 5.41) is 7.19. The molecule has 390 valence electrons. The Morgan fingerprint density at radius 1 is 0.562 bits per heavy atom. The number of hydrogen-bond acceptors (Lipinski definition) is 14. The van der Waals surface area contributed by atoms with Gasteiger partial charge in [0, 0.05) is 69.7 Å². The Hall–Kier alpha value is -7.70. The number of ether oxygens (including phenoxy) is 4. The van der Waals surface area contributed by atoms with Gasteiger partial charge >= 0.3 is 22.8 Å². The molecule has 4 N–H and O–H groups in total. The molecule has 12 atom stereocenters. The molecule has 26 heteroatoms. The predicted molar refractivity (Wildman–Crippen MR) is 265 cm³/mol. The maximum atomic E-state index is 11.8. The minimum atomic E-state index is -0.517. The maximum Gasteiger partial charge on any atom is 0.330 e. The van der Waals surface area contributed by atoms with Crippen molar-refractivity contribution in [1.82, 2.24) is 38.2 Å². The Balaban J connectivity index is 0.000000181. The first-order valence-electron chi connectivity index (χ1n) is 23.6. The lowest BCUT2D eigenvalue weighted by Crippen LogP contribution is -2.33. The first-order chi connectivity index (χ1) is 34.7. The monoisotopic (exact) mass is 1010 g/mol. The minimum Gasteiger partial charge on any atom is -0.354 e. The first kappa shape index (κ1) is 56.2. The van der Waals surface area contributed by atoms with E-state index in [0.717, 1.165) is 6.42 Å². The molecule has 8 heterocycles. The largest absolute Gasteiger partial charge is 0.354 e. The molecule has 0 spiro atoms. The van der Waals surface area contributed by atoms with Gasteiger partial charge in [0.05, 0.1) is 36.8 Å². The maximum absolute atomic E-state index is 11.8. The van der Waals surface area contributed by atoms with Crippen LogP contribution in [0.25, 0.3) is 20.9 Å². The highest BCUT2D eigenvalue weighted by molar-refractivity contribution is 5.07. The second kappa shape index (κ2) is 25.1. The number of rotatable bonds is 9. The van der Waals surface area contributed by atoms with Crippen LogP contribution in [0.15, 0.2) is 73.4 Å². The van der Waals surface area contributed by atoms with Crippen molar-refractivity contribution < 1.29 is 18.9 Å². The van der Waals surface area contributed by atoms with Crippen LogP contribution < -0.4 is 45.0 Å². The Morgan fingerprint density at radius 2 is 0.945 bits per heavy atom. The molecule has 0 radical (unpaired) electrons. The van der Waals surface area contributed by atoms with Crippen LogP contribution in [0.5, 0.6) is 0 Å².